The number of rotatable bonds is 19. The molecule has 0 fully saturated rings. The molecule has 33 heavy (non-hydrogen) atoms. The summed E-state index contributed by atoms with van der Waals surface area (Å²) in [6, 6.07) is 0. The van der Waals surface area contributed by atoms with Crippen molar-refractivity contribution in [1.29, 1.82) is 0 Å². The molecule has 0 saturated carbocycles. The van der Waals surface area contributed by atoms with E-state index in [1.54, 1.807) is 14.7 Å². The van der Waals surface area contributed by atoms with Gasteiger partial charge in [-0.05, 0) is 48.0 Å². The van der Waals surface area contributed by atoms with Crippen molar-refractivity contribution in [3.63, 3.8) is 0 Å². The van der Waals surface area contributed by atoms with Gasteiger partial charge in [0.15, 0.2) is 0 Å². The quantitative estimate of drug-likeness (QED) is 0.285. The third-order valence-electron chi connectivity index (χ3n) is 6.00. The first-order valence-corrected chi connectivity index (χ1v) is 12.3. The number of carbonyl (C=O) groups is 3. The lowest BCUT2D eigenvalue weighted by atomic mass is 9.88. The van der Waals surface area contributed by atoms with E-state index in [2.05, 4.69) is 0 Å². The second-order valence-corrected chi connectivity index (χ2v) is 8.03. The number of hydrogen-bond donors (Lipinski definition) is 0. The Morgan fingerprint density at radius 2 is 0.758 bits per heavy atom. The molecule has 3 amide bonds. The van der Waals surface area contributed by atoms with Gasteiger partial charge in [0.1, 0.15) is 19.8 Å². The summed E-state index contributed by atoms with van der Waals surface area (Å²) in [6.45, 7) is 18.0. The molecule has 194 valence electrons. The highest BCUT2D eigenvalue weighted by atomic mass is 16.5. The maximum Gasteiger partial charge on any atom is 0.248 e. The first-order chi connectivity index (χ1) is 15.8. The third-order valence-corrected chi connectivity index (χ3v) is 6.00. The van der Waals surface area contributed by atoms with Crippen LogP contribution in [-0.2, 0) is 28.6 Å². The lowest BCUT2D eigenvalue weighted by molar-refractivity contribution is -0.145. The van der Waals surface area contributed by atoms with Gasteiger partial charge in [-0.1, -0.05) is 6.92 Å². The van der Waals surface area contributed by atoms with Crippen LogP contribution in [0.25, 0.3) is 0 Å². The fourth-order valence-electron chi connectivity index (χ4n) is 3.50. The summed E-state index contributed by atoms with van der Waals surface area (Å²) in [7, 11) is 0. The standard InChI is InChI=1S/C24H47N3O6/c1-8-24(18-31-15-21(28)25(9-2)10-3,19-32-16-22(29)26(11-4)12-5)20-33-17-23(30)27(13-6)14-7/h8-20H2,1-7H3. The van der Waals surface area contributed by atoms with Gasteiger partial charge in [-0.2, -0.15) is 0 Å². The van der Waals surface area contributed by atoms with Crippen LogP contribution < -0.4 is 0 Å². The smallest absolute Gasteiger partial charge is 0.248 e. The van der Waals surface area contributed by atoms with Crippen LogP contribution in [0, 0.1) is 5.41 Å². The molecule has 0 aromatic rings. The van der Waals surface area contributed by atoms with Gasteiger partial charge in [0.2, 0.25) is 17.7 Å². The van der Waals surface area contributed by atoms with E-state index in [4.69, 9.17) is 14.2 Å². The van der Waals surface area contributed by atoms with E-state index in [0.717, 1.165) is 0 Å². The highest BCUT2D eigenvalue weighted by Gasteiger charge is 2.31. The van der Waals surface area contributed by atoms with E-state index in [9.17, 15) is 14.4 Å². The van der Waals surface area contributed by atoms with Crippen LogP contribution in [0.2, 0.25) is 0 Å². The maximum absolute atomic E-state index is 12.3. The van der Waals surface area contributed by atoms with Gasteiger partial charge < -0.3 is 28.9 Å². The molecule has 0 aliphatic rings. The van der Waals surface area contributed by atoms with E-state index in [1.807, 2.05) is 48.5 Å². The first kappa shape index (κ1) is 31.3. The molecule has 0 bridgehead atoms. The predicted octanol–water partition coefficient (Wildman–Crippen LogP) is 2.04. The number of hydrogen-bond acceptors (Lipinski definition) is 6. The van der Waals surface area contributed by atoms with Crippen molar-refractivity contribution in [2.75, 3.05) is 78.9 Å². The van der Waals surface area contributed by atoms with Crippen LogP contribution in [0.1, 0.15) is 54.9 Å². The minimum atomic E-state index is -0.573. The number of ether oxygens (including phenoxy) is 3. The number of carbonyl (C=O) groups excluding carboxylic acids is 3. The molecule has 0 spiro atoms. The summed E-state index contributed by atoms with van der Waals surface area (Å²) in [5, 5.41) is 0. The highest BCUT2D eigenvalue weighted by Crippen LogP contribution is 2.24. The SMILES string of the molecule is CCN(CC)C(=O)COCC(CC)(COCC(=O)N(CC)CC)COCC(=O)N(CC)CC. The van der Waals surface area contributed by atoms with Crippen LogP contribution in [-0.4, -0.2) is 111 Å². The summed E-state index contributed by atoms with van der Waals surface area (Å²) in [4.78, 5) is 42.1. The van der Waals surface area contributed by atoms with Crippen LogP contribution >= 0.6 is 0 Å². The van der Waals surface area contributed by atoms with E-state index < -0.39 is 5.41 Å². The van der Waals surface area contributed by atoms with Gasteiger partial charge in [0.25, 0.3) is 0 Å². The van der Waals surface area contributed by atoms with Gasteiger partial charge in [-0.3, -0.25) is 14.4 Å². The average molecular weight is 474 g/mol. The summed E-state index contributed by atoms with van der Waals surface area (Å²) in [5.74, 6) is -0.208. The molecule has 0 saturated heterocycles. The second-order valence-electron chi connectivity index (χ2n) is 8.03. The Balaban J connectivity index is 5.09. The molecule has 0 aromatic carbocycles. The van der Waals surface area contributed by atoms with Gasteiger partial charge in [0.05, 0.1) is 19.8 Å². The number of nitrogens with zero attached hydrogens (tertiary/aromatic N) is 3. The summed E-state index contributed by atoms with van der Waals surface area (Å²) in [6.07, 6.45) is 0.644. The minimum absolute atomic E-state index is 0.0276. The van der Waals surface area contributed by atoms with Crippen molar-refractivity contribution < 1.29 is 28.6 Å². The van der Waals surface area contributed by atoms with E-state index >= 15 is 0 Å². The Labute approximate surface area is 200 Å². The molecule has 0 atom stereocenters. The monoisotopic (exact) mass is 473 g/mol. The molecule has 9 nitrogen and oxygen atoms in total. The number of amides is 3. The van der Waals surface area contributed by atoms with Gasteiger partial charge in [-0.15, -0.1) is 0 Å². The summed E-state index contributed by atoms with van der Waals surface area (Å²) in [5.41, 5.74) is -0.573. The predicted molar refractivity (Wildman–Crippen MR) is 129 cm³/mol. The van der Waals surface area contributed by atoms with Crippen LogP contribution in [0.15, 0.2) is 0 Å². The molecule has 0 aromatic heterocycles. The molecular formula is C24H47N3O6. The zero-order valence-electron chi connectivity index (χ0n) is 22.0. The molecule has 0 aliphatic heterocycles. The molecule has 0 N–H and O–H groups in total. The lowest BCUT2D eigenvalue weighted by Gasteiger charge is -2.33. The van der Waals surface area contributed by atoms with Crippen molar-refractivity contribution in [2.45, 2.75) is 54.9 Å². The van der Waals surface area contributed by atoms with Crippen molar-refractivity contribution in [3.05, 3.63) is 0 Å². The second kappa shape index (κ2) is 17.7. The summed E-state index contributed by atoms with van der Waals surface area (Å²) < 4.78 is 17.4. The van der Waals surface area contributed by atoms with Crippen molar-refractivity contribution >= 4 is 17.7 Å². The van der Waals surface area contributed by atoms with E-state index in [1.165, 1.54) is 0 Å². The van der Waals surface area contributed by atoms with E-state index in [-0.39, 0.29) is 57.4 Å². The van der Waals surface area contributed by atoms with Crippen molar-refractivity contribution in [2.24, 2.45) is 5.41 Å². The van der Waals surface area contributed by atoms with Gasteiger partial charge in [0, 0.05) is 44.7 Å². The van der Waals surface area contributed by atoms with E-state index in [0.29, 0.717) is 45.7 Å². The van der Waals surface area contributed by atoms with Gasteiger partial charge in [-0.25, -0.2) is 0 Å². The third kappa shape index (κ3) is 11.3. The highest BCUT2D eigenvalue weighted by molar-refractivity contribution is 5.78. The Kier molecular flexibility index (Phi) is 16.8. The topological polar surface area (TPSA) is 88.6 Å². The number of likely N-dealkylation sites (N-methyl/N-ethyl adjacent to an activating group) is 3. The Hall–Kier alpha value is -1.71. The molecule has 0 radical (unpaired) electrons. The zero-order chi connectivity index (χ0) is 25.3. The largest absolute Gasteiger partial charge is 0.371 e. The van der Waals surface area contributed by atoms with Crippen molar-refractivity contribution in [1.82, 2.24) is 14.7 Å². The summed E-state index contributed by atoms with van der Waals surface area (Å²) >= 11 is 0. The zero-order valence-corrected chi connectivity index (χ0v) is 22.0. The average Bonchev–Trinajstić information content (AvgIpc) is 2.81. The molecular weight excluding hydrogens is 426 g/mol. The Morgan fingerprint density at radius 3 is 0.939 bits per heavy atom. The Morgan fingerprint density at radius 1 is 0.515 bits per heavy atom. The molecule has 0 unspecified atom stereocenters. The molecule has 0 rings (SSSR count). The lowest BCUT2D eigenvalue weighted by Crippen LogP contribution is -2.42. The van der Waals surface area contributed by atoms with Gasteiger partial charge >= 0.3 is 0 Å². The van der Waals surface area contributed by atoms with Crippen LogP contribution in [0.4, 0.5) is 0 Å². The maximum atomic E-state index is 12.3. The molecule has 9 heteroatoms. The minimum Gasteiger partial charge on any atom is -0.371 e. The fraction of sp³-hybridized carbons (Fsp3) is 0.875. The van der Waals surface area contributed by atoms with Crippen LogP contribution in [0.5, 0.6) is 0 Å². The first-order valence-electron chi connectivity index (χ1n) is 12.3. The Bertz CT molecular complexity index is 486. The molecule has 0 heterocycles. The fourth-order valence-corrected chi connectivity index (χ4v) is 3.50. The normalized spacial score (nSPS) is 11.4. The van der Waals surface area contributed by atoms with Crippen LogP contribution in [0.3, 0.4) is 0 Å². The van der Waals surface area contributed by atoms with Crippen molar-refractivity contribution in [3.8, 4) is 0 Å². The molecule has 0 aliphatic carbocycles.